The molecule has 0 aliphatic carbocycles. The third-order valence-corrected chi connectivity index (χ3v) is 1.75. The first-order valence-corrected chi connectivity index (χ1v) is 5.31. The van der Waals surface area contributed by atoms with Gasteiger partial charge in [0.15, 0.2) is 0 Å². The highest BCUT2D eigenvalue weighted by Gasteiger charge is 2.00. The van der Waals surface area contributed by atoms with E-state index >= 15 is 0 Å². The van der Waals surface area contributed by atoms with Gasteiger partial charge in [0.05, 0.1) is 26.7 Å². The topological polar surface area (TPSA) is 21.6 Å². The molecule has 1 aromatic rings. The molecule has 0 spiro atoms. The molecule has 0 saturated heterocycles. The molecule has 0 aliphatic rings. The van der Waals surface area contributed by atoms with Crippen LogP contribution in [0, 0.1) is 0 Å². The SMILES string of the molecule is [Si]C/N=C(\OC[Si])c1ccccc1. The van der Waals surface area contributed by atoms with Crippen LogP contribution in [0.3, 0.4) is 0 Å². The molecule has 0 atom stereocenters. The van der Waals surface area contributed by atoms with Gasteiger partial charge in [-0.1, -0.05) is 18.2 Å². The van der Waals surface area contributed by atoms with Gasteiger partial charge in [0, 0.05) is 11.7 Å². The second-order valence-electron chi connectivity index (χ2n) is 2.28. The molecule has 1 aromatic carbocycles. The summed E-state index contributed by atoms with van der Waals surface area (Å²) in [5.41, 5.74) is 0.985. The molecule has 0 unspecified atom stereocenters. The fourth-order valence-corrected chi connectivity index (χ4v) is 1.22. The van der Waals surface area contributed by atoms with E-state index in [9.17, 15) is 0 Å². The van der Waals surface area contributed by atoms with Crippen molar-refractivity contribution in [3.63, 3.8) is 0 Å². The van der Waals surface area contributed by atoms with E-state index in [1.165, 1.54) is 0 Å². The van der Waals surface area contributed by atoms with Crippen LogP contribution in [0.2, 0.25) is 0 Å². The smallest absolute Gasteiger partial charge is 0.215 e. The van der Waals surface area contributed by atoms with Crippen molar-refractivity contribution >= 4 is 26.4 Å². The largest absolute Gasteiger partial charge is 0.482 e. The molecular weight excluding hydrogens is 194 g/mol. The normalized spacial score (nSPS) is 11.4. The van der Waals surface area contributed by atoms with E-state index in [0.717, 1.165) is 5.56 Å². The quantitative estimate of drug-likeness (QED) is 0.403. The van der Waals surface area contributed by atoms with Gasteiger partial charge in [-0.15, -0.1) is 0 Å². The van der Waals surface area contributed by atoms with Crippen molar-refractivity contribution in [2.24, 2.45) is 4.99 Å². The maximum atomic E-state index is 5.30. The number of hydrogen-bond donors (Lipinski definition) is 0. The van der Waals surface area contributed by atoms with E-state index < -0.39 is 0 Å². The van der Waals surface area contributed by atoms with Crippen LogP contribution in [0.4, 0.5) is 0 Å². The van der Waals surface area contributed by atoms with Crippen LogP contribution in [-0.4, -0.2) is 38.8 Å². The fourth-order valence-electron chi connectivity index (χ4n) is 0.941. The number of ether oxygens (including phenoxy) is 1. The Kier molecular flexibility index (Phi) is 4.49. The van der Waals surface area contributed by atoms with E-state index in [1.54, 1.807) is 0 Å². The Hall–Kier alpha value is -0.876. The first-order valence-electron chi connectivity index (χ1n) is 3.90. The van der Waals surface area contributed by atoms with E-state index in [4.69, 9.17) is 4.74 Å². The van der Waals surface area contributed by atoms with Crippen molar-refractivity contribution < 1.29 is 4.74 Å². The molecular formula is C9H9NOSi2. The van der Waals surface area contributed by atoms with Crippen LogP contribution in [-0.2, 0) is 4.74 Å². The first-order chi connectivity index (χ1) is 6.38. The second kappa shape index (κ2) is 5.72. The second-order valence-corrected chi connectivity index (χ2v) is 2.88. The zero-order valence-electron chi connectivity index (χ0n) is 7.16. The van der Waals surface area contributed by atoms with Crippen LogP contribution < -0.4 is 0 Å². The number of hydrogen-bond acceptors (Lipinski definition) is 2. The summed E-state index contributed by atoms with van der Waals surface area (Å²) in [6.07, 6.45) is 0.983. The van der Waals surface area contributed by atoms with E-state index in [1.807, 2.05) is 30.3 Å². The van der Waals surface area contributed by atoms with Gasteiger partial charge in [-0.2, -0.15) is 0 Å². The number of benzene rings is 1. The third kappa shape index (κ3) is 3.16. The van der Waals surface area contributed by atoms with Gasteiger partial charge in [-0.25, -0.2) is 0 Å². The number of nitrogens with zero attached hydrogens (tertiary/aromatic N) is 1. The lowest BCUT2D eigenvalue weighted by molar-refractivity contribution is 0.375. The van der Waals surface area contributed by atoms with E-state index in [0.29, 0.717) is 18.3 Å². The van der Waals surface area contributed by atoms with Gasteiger partial charge in [0.2, 0.25) is 5.90 Å². The van der Waals surface area contributed by atoms with Crippen molar-refractivity contribution in [1.82, 2.24) is 0 Å². The summed E-state index contributed by atoms with van der Waals surface area (Å²) in [5.74, 6) is 0.644. The summed E-state index contributed by atoms with van der Waals surface area (Å²) in [7, 11) is 6.52. The van der Waals surface area contributed by atoms with Gasteiger partial charge in [0.1, 0.15) is 0 Å². The average Bonchev–Trinajstić information content (AvgIpc) is 2.19. The highest BCUT2D eigenvalue weighted by atomic mass is 28.1. The lowest BCUT2D eigenvalue weighted by Crippen LogP contribution is -2.08. The van der Waals surface area contributed by atoms with Crippen LogP contribution in [0.25, 0.3) is 0 Å². The van der Waals surface area contributed by atoms with Crippen LogP contribution in [0.15, 0.2) is 35.3 Å². The third-order valence-electron chi connectivity index (χ3n) is 1.45. The Morgan fingerprint density at radius 3 is 2.46 bits per heavy atom. The molecule has 0 heterocycles. The Balaban J connectivity index is 2.83. The summed E-state index contributed by atoms with van der Waals surface area (Å²) in [6, 6.07) is 9.79. The lowest BCUT2D eigenvalue weighted by Gasteiger charge is -2.06. The van der Waals surface area contributed by atoms with Gasteiger partial charge in [-0.05, 0) is 12.1 Å². The first kappa shape index (κ1) is 10.2. The molecule has 64 valence electrons. The Bertz CT molecular complexity index is 274. The van der Waals surface area contributed by atoms with Crippen LogP contribution >= 0.6 is 0 Å². The van der Waals surface area contributed by atoms with Gasteiger partial charge in [0.25, 0.3) is 0 Å². The van der Waals surface area contributed by atoms with Crippen LogP contribution in [0.1, 0.15) is 5.56 Å². The standard InChI is InChI=1S/C9H9NOSi2/c12-6-10-9(11-7-13)8-4-2-1-3-5-8/h1-5H,6-7H2/b10-9-. The molecule has 0 bridgehead atoms. The minimum atomic E-state index is 0.444. The Morgan fingerprint density at radius 2 is 1.92 bits per heavy atom. The predicted molar refractivity (Wildman–Crippen MR) is 55.3 cm³/mol. The molecule has 4 heteroatoms. The minimum absolute atomic E-state index is 0.444. The number of aliphatic imine (C=N–C) groups is 1. The van der Waals surface area contributed by atoms with Gasteiger partial charge >= 0.3 is 0 Å². The average molecular weight is 203 g/mol. The van der Waals surface area contributed by atoms with Crippen molar-refractivity contribution in [3.8, 4) is 0 Å². The van der Waals surface area contributed by atoms with E-state index in [2.05, 4.69) is 25.5 Å². The van der Waals surface area contributed by atoms with Crippen LogP contribution in [0.5, 0.6) is 0 Å². The van der Waals surface area contributed by atoms with Gasteiger partial charge < -0.3 is 4.74 Å². The van der Waals surface area contributed by atoms with Crippen molar-refractivity contribution in [1.29, 1.82) is 0 Å². The molecule has 0 aromatic heterocycles. The van der Waals surface area contributed by atoms with Crippen molar-refractivity contribution in [2.45, 2.75) is 0 Å². The monoisotopic (exact) mass is 203 g/mol. The molecule has 1 rings (SSSR count). The highest BCUT2D eigenvalue weighted by Crippen LogP contribution is 2.01. The molecule has 0 amide bonds. The molecule has 13 heavy (non-hydrogen) atoms. The fraction of sp³-hybridized carbons (Fsp3) is 0.222. The number of rotatable bonds is 3. The van der Waals surface area contributed by atoms with Crippen molar-refractivity contribution in [3.05, 3.63) is 35.9 Å². The summed E-state index contributed by atoms with van der Waals surface area (Å²) in [4.78, 5) is 4.16. The van der Waals surface area contributed by atoms with Crippen molar-refractivity contribution in [2.75, 3.05) is 12.4 Å². The molecule has 6 radical (unpaired) electrons. The Labute approximate surface area is 84.9 Å². The zero-order valence-corrected chi connectivity index (χ0v) is 9.16. The maximum Gasteiger partial charge on any atom is 0.215 e. The summed E-state index contributed by atoms with van der Waals surface area (Å²) in [5, 5.41) is 0. The van der Waals surface area contributed by atoms with Gasteiger partial charge in [-0.3, -0.25) is 4.99 Å². The summed E-state index contributed by atoms with van der Waals surface area (Å²) in [6.45, 7) is 0. The molecule has 0 fully saturated rings. The van der Waals surface area contributed by atoms with E-state index in [-0.39, 0.29) is 0 Å². The summed E-state index contributed by atoms with van der Waals surface area (Å²) >= 11 is 0. The predicted octanol–water partition coefficient (Wildman–Crippen LogP) is 0.702. The molecule has 0 saturated carbocycles. The lowest BCUT2D eigenvalue weighted by atomic mass is 10.2. The molecule has 2 nitrogen and oxygen atoms in total. The zero-order chi connectivity index (χ0) is 9.52. The summed E-state index contributed by atoms with van der Waals surface area (Å²) < 4.78 is 5.30. The Morgan fingerprint density at radius 1 is 1.23 bits per heavy atom. The molecule has 0 aliphatic heterocycles. The maximum absolute atomic E-state index is 5.30. The minimum Gasteiger partial charge on any atom is -0.482 e. The molecule has 0 N–H and O–H groups in total. The highest BCUT2D eigenvalue weighted by molar-refractivity contribution is 6.11.